The Morgan fingerprint density at radius 1 is 1.56 bits per heavy atom. The average Bonchev–Trinajstić information content (AvgIpc) is 2.35. The summed E-state index contributed by atoms with van der Waals surface area (Å²) in [5.41, 5.74) is 11.3. The summed E-state index contributed by atoms with van der Waals surface area (Å²) in [6.45, 7) is 0.282. The van der Waals surface area contributed by atoms with Gasteiger partial charge in [-0.1, -0.05) is 0 Å². The van der Waals surface area contributed by atoms with Crippen LogP contribution in [0.5, 0.6) is 5.88 Å². The van der Waals surface area contributed by atoms with E-state index in [1.54, 1.807) is 18.3 Å². The molecule has 0 radical (unpaired) electrons. The van der Waals surface area contributed by atoms with Crippen molar-refractivity contribution in [3.63, 3.8) is 0 Å². The second-order valence-corrected chi connectivity index (χ2v) is 3.70. The molecule has 7 heteroatoms. The third-order valence-electron chi connectivity index (χ3n) is 2.23. The predicted molar refractivity (Wildman–Crippen MR) is 64.4 cm³/mol. The lowest BCUT2D eigenvalue weighted by molar-refractivity contribution is -0.126. The van der Waals surface area contributed by atoms with E-state index in [0.29, 0.717) is 5.88 Å². The maximum absolute atomic E-state index is 11.5. The van der Waals surface area contributed by atoms with Gasteiger partial charge >= 0.3 is 0 Å². The maximum Gasteiger partial charge on any atom is 0.237 e. The Labute approximate surface area is 105 Å². The number of nitrogens with zero attached hydrogens (tertiary/aromatic N) is 1. The number of ether oxygens (including phenoxy) is 1. The highest BCUT2D eigenvalue weighted by atomic mass is 16.5. The molecule has 0 aliphatic heterocycles. The summed E-state index contributed by atoms with van der Waals surface area (Å²) in [6, 6.07) is 2.51. The van der Waals surface area contributed by atoms with E-state index < -0.39 is 17.9 Å². The number of nitrogens with one attached hydrogen (secondary N) is 1. The Balaban J connectivity index is 2.49. The summed E-state index contributed by atoms with van der Waals surface area (Å²) in [5.74, 6) is -0.573. The van der Waals surface area contributed by atoms with E-state index in [9.17, 15) is 9.59 Å². The van der Waals surface area contributed by atoms with E-state index in [2.05, 4.69) is 10.3 Å². The summed E-state index contributed by atoms with van der Waals surface area (Å²) >= 11 is 0. The molecule has 1 aromatic rings. The van der Waals surface area contributed by atoms with Gasteiger partial charge in [-0.2, -0.15) is 0 Å². The van der Waals surface area contributed by atoms with Crippen LogP contribution in [0.1, 0.15) is 12.0 Å². The number of nitrogens with two attached hydrogens (primary N) is 2. The Hall–Kier alpha value is -2.15. The van der Waals surface area contributed by atoms with E-state index in [1.807, 2.05) is 0 Å². The largest absolute Gasteiger partial charge is 0.481 e. The maximum atomic E-state index is 11.5. The smallest absolute Gasteiger partial charge is 0.237 e. The SMILES string of the molecule is COc1cc(CNC(=O)C(N)CC(N)=O)ccn1. The molecule has 1 unspecified atom stereocenters. The number of hydrogen-bond donors (Lipinski definition) is 3. The van der Waals surface area contributed by atoms with Crippen LogP contribution in [0.25, 0.3) is 0 Å². The minimum absolute atomic E-state index is 0.175. The number of hydrogen-bond acceptors (Lipinski definition) is 5. The summed E-state index contributed by atoms with van der Waals surface area (Å²) in [4.78, 5) is 26.1. The van der Waals surface area contributed by atoms with E-state index in [-0.39, 0.29) is 13.0 Å². The van der Waals surface area contributed by atoms with Crippen molar-refractivity contribution < 1.29 is 14.3 Å². The number of rotatable bonds is 6. The molecule has 5 N–H and O–H groups in total. The van der Waals surface area contributed by atoms with Crippen molar-refractivity contribution in [2.75, 3.05) is 7.11 Å². The monoisotopic (exact) mass is 252 g/mol. The van der Waals surface area contributed by atoms with Gasteiger partial charge in [0.15, 0.2) is 0 Å². The van der Waals surface area contributed by atoms with Crippen LogP contribution in [0.4, 0.5) is 0 Å². The summed E-state index contributed by atoms with van der Waals surface area (Å²) < 4.78 is 4.95. The average molecular weight is 252 g/mol. The Kier molecular flexibility index (Phi) is 5.06. The molecule has 0 bridgehead atoms. The number of pyridine rings is 1. The second kappa shape index (κ2) is 6.55. The van der Waals surface area contributed by atoms with Crippen LogP contribution < -0.4 is 21.5 Å². The lowest BCUT2D eigenvalue weighted by atomic mass is 10.2. The van der Waals surface area contributed by atoms with Gasteiger partial charge in [0.1, 0.15) is 0 Å². The molecule has 1 atom stereocenters. The van der Waals surface area contributed by atoms with Crippen molar-refractivity contribution in [1.82, 2.24) is 10.3 Å². The topological polar surface area (TPSA) is 120 Å². The van der Waals surface area contributed by atoms with Gasteiger partial charge in [0, 0.05) is 18.8 Å². The normalized spacial score (nSPS) is 11.7. The van der Waals surface area contributed by atoms with Crippen molar-refractivity contribution in [3.05, 3.63) is 23.9 Å². The lowest BCUT2D eigenvalue weighted by Crippen LogP contribution is -2.42. The first-order valence-electron chi connectivity index (χ1n) is 5.33. The molecule has 1 heterocycles. The molecule has 0 fully saturated rings. The molecule has 0 aliphatic rings. The van der Waals surface area contributed by atoms with Crippen LogP contribution in [0.15, 0.2) is 18.3 Å². The second-order valence-electron chi connectivity index (χ2n) is 3.70. The summed E-state index contributed by atoms with van der Waals surface area (Å²) in [5, 5.41) is 2.60. The first-order chi connectivity index (χ1) is 8.52. The molecule has 1 aromatic heterocycles. The molecule has 0 aromatic carbocycles. The van der Waals surface area contributed by atoms with Gasteiger partial charge in [-0.15, -0.1) is 0 Å². The molecule has 7 nitrogen and oxygen atoms in total. The van der Waals surface area contributed by atoms with E-state index in [0.717, 1.165) is 5.56 Å². The van der Waals surface area contributed by atoms with Gasteiger partial charge < -0.3 is 21.5 Å². The molecule has 0 saturated carbocycles. The third-order valence-corrected chi connectivity index (χ3v) is 2.23. The zero-order valence-electron chi connectivity index (χ0n) is 10.1. The standard InChI is InChI=1S/C11H16N4O3/c1-18-10-4-7(2-3-14-10)6-15-11(17)8(12)5-9(13)16/h2-4,8H,5-6,12H2,1H3,(H2,13,16)(H,15,17). The van der Waals surface area contributed by atoms with Gasteiger partial charge in [0.2, 0.25) is 17.7 Å². The van der Waals surface area contributed by atoms with Crippen LogP contribution in [0.2, 0.25) is 0 Å². The van der Waals surface area contributed by atoms with Crippen LogP contribution in [0.3, 0.4) is 0 Å². The molecule has 0 saturated heterocycles. The Morgan fingerprint density at radius 3 is 2.89 bits per heavy atom. The zero-order valence-corrected chi connectivity index (χ0v) is 10.1. The fourth-order valence-corrected chi connectivity index (χ4v) is 1.30. The minimum atomic E-state index is -0.925. The number of methoxy groups -OCH3 is 1. The number of aromatic nitrogens is 1. The first-order valence-corrected chi connectivity index (χ1v) is 5.33. The quantitative estimate of drug-likeness (QED) is 0.594. The highest BCUT2D eigenvalue weighted by Crippen LogP contribution is 2.08. The van der Waals surface area contributed by atoms with Crippen LogP contribution in [-0.2, 0) is 16.1 Å². The number of carbonyl (C=O) groups is 2. The molecule has 0 spiro atoms. The Bertz CT molecular complexity index is 436. The Morgan fingerprint density at radius 2 is 2.28 bits per heavy atom. The van der Waals surface area contributed by atoms with E-state index >= 15 is 0 Å². The highest BCUT2D eigenvalue weighted by Gasteiger charge is 2.15. The summed E-state index contributed by atoms with van der Waals surface area (Å²) in [7, 11) is 1.51. The number of amides is 2. The fourth-order valence-electron chi connectivity index (χ4n) is 1.30. The predicted octanol–water partition coefficient (Wildman–Crippen LogP) is -1.09. The lowest BCUT2D eigenvalue weighted by Gasteiger charge is -2.10. The van der Waals surface area contributed by atoms with Crippen molar-refractivity contribution in [3.8, 4) is 5.88 Å². The molecular weight excluding hydrogens is 236 g/mol. The minimum Gasteiger partial charge on any atom is -0.481 e. The van der Waals surface area contributed by atoms with Crippen molar-refractivity contribution in [2.24, 2.45) is 11.5 Å². The van der Waals surface area contributed by atoms with Gasteiger partial charge in [0.05, 0.1) is 19.6 Å². The molecule has 18 heavy (non-hydrogen) atoms. The molecule has 98 valence electrons. The summed E-state index contributed by atoms with van der Waals surface area (Å²) in [6.07, 6.45) is 1.40. The fraction of sp³-hybridized carbons (Fsp3) is 0.364. The molecule has 1 rings (SSSR count). The zero-order chi connectivity index (χ0) is 13.5. The van der Waals surface area contributed by atoms with Gasteiger partial charge in [0.25, 0.3) is 0 Å². The number of primary amides is 1. The van der Waals surface area contributed by atoms with Gasteiger partial charge in [-0.3, -0.25) is 9.59 Å². The van der Waals surface area contributed by atoms with Crippen LogP contribution >= 0.6 is 0 Å². The van der Waals surface area contributed by atoms with Gasteiger partial charge in [-0.25, -0.2) is 4.98 Å². The number of carbonyl (C=O) groups excluding carboxylic acids is 2. The van der Waals surface area contributed by atoms with Crippen LogP contribution in [0, 0.1) is 0 Å². The highest BCUT2D eigenvalue weighted by molar-refractivity contribution is 5.87. The van der Waals surface area contributed by atoms with Crippen molar-refractivity contribution >= 4 is 11.8 Å². The van der Waals surface area contributed by atoms with E-state index in [4.69, 9.17) is 16.2 Å². The van der Waals surface area contributed by atoms with Crippen molar-refractivity contribution in [2.45, 2.75) is 19.0 Å². The first kappa shape index (κ1) is 13.9. The van der Waals surface area contributed by atoms with Crippen LogP contribution in [-0.4, -0.2) is 29.9 Å². The molecular formula is C11H16N4O3. The van der Waals surface area contributed by atoms with Crippen molar-refractivity contribution in [1.29, 1.82) is 0 Å². The van der Waals surface area contributed by atoms with E-state index in [1.165, 1.54) is 7.11 Å². The molecule has 0 aliphatic carbocycles. The van der Waals surface area contributed by atoms with Gasteiger partial charge in [-0.05, 0) is 11.6 Å². The third kappa shape index (κ3) is 4.38. The molecule has 2 amide bonds.